The van der Waals surface area contributed by atoms with Crippen molar-refractivity contribution in [2.24, 2.45) is 0 Å². The fourth-order valence-corrected chi connectivity index (χ4v) is 10.1. The number of phosphoric acid groups is 1. The van der Waals surface area contributed by atoms with Crippen LogP contribution in [0.4, 0.5) is 0 Å². The van der Waals surface area contributed by atoms with Gasteiger partial charge in [0.05, 0.1) is 39.9 Å². The Balaban J connectivity index is 4.16. The van der Waals surface area contributed by atoms with Gasteiger partial charge in [-0.3, -0.25) is 9.36 Å². The molecule has 0 saturated carbocycles. The lowest BCUT2D eigenvalue weighted by Crippen LogP contribution is -2.45. The van der Waals surface area contributed by atoms with E-state index in [4.69, 9.17) is 9.05 Å². The van der Waals surface area contributed by atoms with Crippen LogP contribution in [0.1, 0.15) is 309 Å². The Morgan fingerprint density at radius 1 is 0.486 bits per heavy atom. The largest absolute Gasteiger partial charge is 0.756 e. The number of likely N-dealkylation sites (N-methyl/N-ethyl adjacent to an activating group) is 1. The molecule has 8 nitrogen and oxygen atoms in total. The third-order valence-electron chi connectivity index (χ3n) is 14.2. The summed E-state index contributed by atoms with van der Waals surface area (Å²) in [4.78, 5) is 25.5. The van der Waals surface area contributed by atoms with E-state index in [0.717, 1.165) is 38.5 Å². The maximum absolute atomic E-state index is 13.0. The molecule has 3 atom stereocenters. The van der Waals surface area contributed by atoms with Crippen LogP contribution in [0.5, 0.6) is 0 Å². The summed E-state index contributed by atoms with van der Waals surface area (Å²) < 4.78 is 23.4. The van der Waals surface area contributed by atoms with Gasteiger partial charge >= 0.3 is 0 Å². The van der Waals surface area contributed by atoms with Gasteiger partial charge < -0.3 is 28.8 Å². The molecule has 0 aromatic rings. The zero-order valence-electron chi connectivity index (χ0n) is 47.5. The van der Waals surface area contributed by atoms with Gasteiger partial charge in [-0.2, -0.15) is 0 Å². The highest BCUT2D eigenvalue weighted by Crippen LogP contribution is 2.38. The van der Waals surface area contributed by atoms with E-state index in [-0.39, 0.29) is 19.1 Å². The van der Waals surface area contributed by atoms with E-state index in [2.05, 4.69) is 31.3 Å². The Hall–Kier alpha value is -1.02. The van der Waals surface area contributed by atoms with Crippen molar-refractivity contribution >= 4 is 13.7 Å². The molecule has 0 radical (unpaired) electrons. The average Bonchev–Trinajstić information content (AvgIpc) is 3.32. The monoisotopic (exact) mass is 1010 g/mol. The molecular weight excluding hydrogens is 888 g/mol. The first-order chi connectivity index (χ1) is 34.0. The summed E-state index contributed by atoms with van der Waals surface area (Å²) in [5.74, 6) is -0.200. The van der Waals surface area contributed by atoms with Crippen molar-refractivity contribution in [3.05, 3.63) is 24.3 Å². The topological polar surface area (TPSA) is 108 Å². The number of phosphoric ester groups is 1. The molecule has 2 N–H and O–H groups in total. The van der Waals surface area contributed by atoms with Gasteiger partial charge in [-0.1, -0.05) is 295 Å². The van der Waals surface area contributed by atoms with Gasteiger partial charge in [0.2, 0.25) is 5.91 Å². The number of hydrogen-bond acceptors (Lipinski definition) is 6. The number of quaternary nitrogens is 1. The summed E-state index contributed by atoms with van der Waals surface area (Å²) >= 11 is 0. The molecule has 0 aliphatic carbocycles. The number of aliphatic hydroxyl groups excluding tert-OH is 1. The first-order valence-corrected chi connectivity index (χ1v) is 32.2. The van der Waals surface area contributed by atoms with Crippen LogP contribution in [0.15, 0.2) is 24.3 Å². The molecule has 0 aromatic carbocycles. The fourth-order valence-electron chi connectivity index (χ4n) is 9.35. The smallest absolute Gasteiger partial charge is 0.268 e. The Labute approximate surface area is 436 Å². The third kappa shape index (κ3) is 54.7. The Morgan fingerprint density at radius 3 is 1.16 bits per heavy atom. The van der Waals surface area contributed by atoms with Crippen LogP contribution in [0.3, 0.4) is 0 Å². The molecule has 70 heavy (non-hydrogen) atoms. The van der Waals surface area contributed by atoms with E-state index < -0.39 is 20.0 Å². The molecule has 0 aliphatic heterocycles. The van der Waals surface area contributed by atoms with Gasteiger partial charge in [0.25, 0.3) is 7.82 Å². The van der Waals surface area contributed by atoms with Crippen molar-refractivity contribution in [3.8, 4) is 0 Å². The number of carbonyl (C=O) groups excluding carboxylic acids is 1. The van der Waals surface area contributed by atoms with Crippen LogP contribution < -0.4 is 10.2 Å². The van der Waals surface area contributed by atoms with E-state index >= 15 is 0 Å². The van der Waals surface area contributed by atoms with Gasteiger partial charge in [0.15, 0.2) is 0 Å². The van der Waals surface area contributed by atoms with E-state index in [9.17, 15) is 19.4 Å². The van der Waals surface area contributed by atoms with E-state index in [1.54, 1.807) is 6.08 Å². The number of amides is 1. The van der Waals surface area contributed by atoms with Crippen LogP contribution in [-0.2, 0) is 18.4 Å². The van der Waals surface area contributed by atoms with Gasteiger partial charge in [0, 0.05) is 6.42 Å². The average molecular weight is 1010 g/mol. The van der Waals surface area contributed by atoms with Crippen LogP contribution >= 0.6 is 7.82 Å². The zero-order valence-corrected chi connectivity index (χ0v) is 48.4. The summed E-state index contributed by atoms with van der Waals surface area (Å²) in [5, 5.41) is 13.9. The molecule has 0 heterocycles. The lowest BCUT2D eigenvalue weighted by Gasteiger charge is -2.29. The summed E-state index contributed by atoms with van der Waals surface area (Å²) in [6, 6.07) is -0.900. The second-order valence-electron chi connectivity index (χ2n) is 22.4. The Bertz CT molecular complexity index is 1190. The summed E-state index contributed by atoms with van der Waals surface area (Å²) in [6.07, 6.45) is 67.0. The second kappa shape index (κ2) is 52.8. The number of rotatable bonds is 57. The molecule has 3 unspecified atom stereocenters. The molecule has 0 aliphatic rings. The molecule has 0 saturated heterocycles. The molecule has 416 valence electrons. The number of carbonyl (C=O) groups is 1. The highest BCUT2D eigenvalue weighted by molar-refractivity contribution is 7.45. The predicted octanol–water partition coefficient (Wildman–Crippen LogP) is 18.1. The number of aliphatic hydroxyl groups is 1. The number of allylic oxidation sites excluding steroid dienone is 3. The van der Waals surface area contributed by atoms with E-state index in [1.165, 1.54) is 250 Å². The SMILES string of the molecule is CCCCCCCCCCCCCCCCCC/C=C/CC/C=C/C(O)C(COP(=O)([O-])OCC[N+](C)(C)C)NC(=O)CCCCCCCCCCCCCCCCCCCCCCCCCCCC. The highest BCUT2D eigenvalue weighted by atomic mass is 31.2. The molecule has 0 rings (SSSR count). The van der Waals surface area contributed by atoms with E-state index in [1.807, 2.05) is 27.2 Å². The quantitative estimate of drug-likeness (QED) is 0.0272. The molecule has 0 bridgehead atoms. The van der Waals surface area contributed by atoms with E-state index in [0.29, 0.717) is 17.4 Å². The minimum absolute atomic E-state index is 0.00361. The van der Waals surface area contributed by atoms with Crippen molar-refractivity contribution in [1.29, 1.82) is 0 Å². The summed E-state index contributed by atoms with van der Waals surface area (Å²) in [6.45, 7) is 4.68. The van der Waals surface area contributed by atoms with Crippen molar-refractivity contribution in [1.82, 2.24) is 5.32 Å². The standard InChI is InChI=1S/C61H121N2O6P/c1-6-8-10-12-14-16-18-20-22-24-26-28-30-31-32-33-35-37-39-41-43-45-47-49-51-53-55-61(65)62-59(58-69-70(66,67)68-57-56-63(3,4)5)60(64)54-52-50-48-46-44-42-40-38-36-34-29-27-25-23-21-19-17-15-13-11-9-7-2/h44,46,52,54,59-60,64H,6-43,45,47-51,53,55-58H2,1-5H3,(H-,62,65,66,67)/b46-44+,54-52+. The first kappa shape index (κ1) is 69.0. The molecule has 9 heteroatoms. The van der Waals surface area contributed by atoms with Gasteiger partial charge in [0.1, 0.15) is 13.2 Å². The van der Waals surface area contributed by atoms with Crippen molar-refractivity contribution in [2.75, 3.05) is 40.9 Å². The van der Waals surface area contributed by atoms with Gasteiger partial charge in [-0.05, 0) is 32.1 Å². The second-order valence-corrected chi connectivity index (χ2v) is 23.8. The lowest BCUT2D eigenvalue weighted by molar-refractivity contribution is -0.870. The van der Waals surface area contributed by atoms with Crippen molar-refractivity contribution in [2.45, 2.75) is 321 Å². The van der Waals surface area contributed by atoms with Gasteiger partial charge in [-0.25, -0.2) is 0 Å². The molecule has 0 fully saturated rings. The normalized spacial score (nSPS) is 14.0. The van der Waals surface area contributed by atoms with Crippen molar-refractivity contribution in [3.63, 3.8) is 0 Å². The number of nitrogens with one attached hydrogen (secondary N) is 1. The molecule has 0 aromatic heterocycles. The fraction of sp³-hybridized carbons (Fsp3) is 0.918. The van der Waals surface area contributed by atoms with Crippen molar-refractivity contribution < 1.29 is 32.9 Å². The Kier molecular flexibility index (Phi) is 52.1. The van der Waals surface area contributed by atoms with Crippen LogP contribution in [0, 0.1) is 0 Å². The maximum Gasteiger partial charge on any atom is 0.268 e. The molecular formula is C61H121N2O6P. The highest BCUT2D eigenvalue weighted by Gasteiger charge is 2.23. The predicted molar refractivity (Wildman–Crippen MR) is 302 cm³/mol. The number of nitrogens with zero attached hydrogens (tertiary/aromatic N) is 1. The third-order valence-corrected chi connectivity index (χ3v) is 15.1. The van der Waals surface area contributed by atoms with Crippen LogP contribution in [0.2, 0.25) is 0 Å². The summed E-state index contributed by atoms with van der Waals surface area (Å²) in [5.41, 5.74) is 0. The summed E-state index contributed by atoms with van der Waals surface area (Å²) in [7, 11) is 1.26. The minimum atomic E-state index is -4.60. The number of unbranched alkanes of at least 4 members (excludes halogenated alkanes) is 42. The Morgan fingerprint density at radius 2 is 0.800 bits per heavy atom. The minimum Gasteiger partial charge on any atom is -0.756 e. The zero-order chi connectivity index (χ0) is 51.3. The van der Waals surface area contributed by atoms with Gasteiger partial charge in [-0.15, -0.1) is 0 Å². The molecule has 0 spiro atoms. The van der Waals surface area contributed by atoms with Crippen LogP contribution in [0.25, 0.3) is 0 Å². The molecule has 1 amide bonds. The number of hydrogen-bond donors (Lipinski definition) is 2. The first-order valence-electron chi connectivity index (χ1n) is 30.7. The maximum atomic E-state index is 13.0. The van der Waals surface area contributed by atoms with Crippen LogP contribution in [-0.4, -0.2) is 68.5 Å². The lowest BCUT2D eigenvalue weighted by atomic mass is 10.0.